The number of hydrogen-bond donors (Lipinski definition) is 0. The molecule has 1 aliphatic heterocycles. The van der Waals surface area contributed by atoms with Crippen LogP contribution in [0.2, 0.25) is 0 Å². The quantitative estimate of drug-likeness (QED) is 0.215. The van der Waals surface area contributed by atoms with Crippen LogP contribution in [0, 0.1) is 0 Å². The van der Waals surface area contributed by atoms with Gasteiger partial charge in [-0.05, 0) is 94.4 Å². The molecule has 0 unspecified atom stereocenters. The van der Waals surface area contributed by atoms with Gasteiger partial charge in [-0.15, -0.1) is 0 Å². The monoisotopic (exact) mass is 488 g/mol. The lowest BCUT2D eigenvalue weighted by atomic mass is 9.40. The summed E-state index contributed by atoms with van der Waals surface area (Å²) in [6.07, 6.45) is 0. The van der Waals surface area contributed by atoms with Crippen LogP contribution in [0.25, 0.3) is 43.8 Å². The molecule has 0 aliphatic carbocycles. The molecule has 0 fully saturated rings. The molecule has 0 atom stereocenters. The van der Waals surface area contributed by atoms with Gasteiger partial charge in [0.25, 0.3) is 6.71 Å². The Morgan fingerprint density at radius 2 is 1.06 bits per heavy atom. The standard InChI is InChI=1S/C30H21BO2S2/c1-32-26-16-24-22-11-13-34-29(22)31(30-23(12-14-35-30)25(24)17-27(26)33-2)28-20-9-5-3-7-18(20)15-19-8-4-6-10-21(19)28/h3-17H,1-2H3. The zero-order valence-electron chi connectivity index (χ0n) is 19.4. The largest absolute Gasteiger partial charge is 0.493 e. The normalized spacial score (nSPS) is 12.2. The van der Waals surface area contributed by atoms with Gasteiger partial charge >= 0.3 is 0 Å². The molecule has 0 saturated heterocycles. The molecule has 0 N–H and O–H groups in total. The van der Waals surface area contributed by atoms with E-state index in [0.29, 0.717) is 0 Å². The average Bonchev–Trinajstić information content (AvgIpc) is 3.56. The molecule has 0 saturated carbocycles. The first-order valence-corrected chi connectivity index (χ1v) is 13.4. The van der Waals surface area contributed by atoms with Crippen molar-refractivity contribution in [1.29, 1.82) is 0 Å². The van der Waals surface area contributed by atoms with Gasteiger partial charge in [0.2, 0.25) is 0 Å². The maximum absolute atomic E-state index is 5.71. The summed E-state index contributed by atoms with van der Waals surface area (Å²) in [5.41, 5.74) is 6.33. The maximum Gasteiger partial charge on any atom is 0.269 e. The number of methoxy groups -OCH3 is 2. The van der Waals surface area contributed by atoms with Crippen molar-refractivity contribution in [2.75, 3.05) is 14.2 Å². The Labute approximate surface area is 212 Å². The smallest absolute Gasteiger partial charge is 0.269 e. The number of benzene rings is 4. The Morgan fingerprint density at radius 1 is 0.571 bits per heavy atom. The molecule has 0 bridgehead atoms. The molecule has 0 spiro atoms. The molecular weight excluding hydrogens is 467 g/mol. The Bertz CT molecular complexity index is 1620. The van der Waals surface area contributed by atoms with Gasteiger partial charge < -0.3 is 9.47 Å². The summed E-state index contributed by atoms with van der Waals surface area (Å²) in [6.45, 7) is 0.139. The third-order valence-corrected chi connectivity index (χ3v) is 9.08. The van der Waals surface area contributed by atoms with E-state index in [-0.39, 0.29) is 6.71 Å². The predicted molar refractivity (Wildman–Crippen MR) is 152 cm³/mol. The molecule has 2 nitrogen and oxygen atoms in total. The van der Waals surface area contributed by atoms with Crippen molar-refractivity contribution in [3.63, 3.8) is 0 Å². The Kier molecular flexibility index (Phi) is 4.76. The SMILES string of the molecule is COc1cc2c(cc1OC)-c1ccsc1B(c1c3ccccc3cc3ccccc13)c1sccc1-2. The van der Waals surface area contributed by atoms with Crippen molar-refractivity contribution < 1.29 is 9.47 Å². The van der Waals surface area contributed by atoms with Crippen LogP contribution < -0.4 is 24.5 Å². The van der Waals surface area contributed by atoms with E-state index >= 15 is 0 Å². The fraction of sp³-hybridized carbons (Fsp3) is 0.0667. The molecule has 2 aromatic heterocycles. The fourth-order valence-electron chi connectivity index (χ4n) is 5.60. The molecular formula is C30H21BO2S2. The van der Waals surface area contributed by atoms with E-state index in [2.05, 4.69) is 89.6 Å². The first-order chi connectivity index (χ1) is 17.3. The van der Waals surface area contributed by atoms with Crippen LogP contribution in [0.5, 0.6) is 11.5 Å². The summed E-state index contributed by atoms with van der Waals surface area (Å²) in [6, 6.07) is 28.8. The predicted octanol–water partition coefficient (Wildman–Crippen LogP) is 6.30. The highest BCUT2D eigenvalue weighted by Crippen LogP contribution is 2.43. The number of ether oxygens (including phenoxy) is 2. The summed E-state index contributed by atoms with van der Waals surface area (Å²) < 4.78 is 14.2. The lowest BCUT2D eigenvalue weighted by molar-refractivity contribution is 0.355. The van der Waals surface area contributed by atoms with E-state index in [4.69, 9.17) is 9.47 Å². The molecule has 168 valence electrons. The van der Waals surface area contributed by atoms with Crippen molar-refractivity contribution in [3.8, 4) is 33.8 Å². The average molecular weight is 488 g/mol. The van der Waals surface area contributed by atoms with Crippen molar-refractivity contribution in [2.45, 2.75) is 0 Å². The lowest BCUT2D eigenvalue weighted by Crippen LogP contribution is -2.51. The van der Waals surface area contributed by atoms with Gasteiger partial charge in [-0.1, -0.05) is 54.0 Å². The second-order valence-electron chi connectivity index (χ2n) is 8.82. The van der Waals surface area contributed by atoms with E-state index in [9.17, 15) is 0 Å². The Hall–Kier alpha value is -3.54. The minimum atomic E-state index is 0.139. The third-order valence-electron chi connectivity index (χ3n) is 7.12. The van der Waals surface area contributed by atoms with E-state index in [1.165, 1.54) is 58.8 Å². The molecule has 6 aromatic rings. The minimum absolute atomic E-state index is 0.139. The molecule has 0 amide bonds. The zero-order valence-corrected chi connectivity index (χ0v) is 21.0. The van der Waals surface area contributed by atoms with Gasteiger partial charge in [0, 0.05) is 0 Å². The van der Waals surface area contributed by atoms with Gasteiger partial charge in [0.05, 0.1) is 14.2 Å². The molecule has 4 aromatic carbocycles. The number of thiophene rings is 2. The van der Waals surface area contributed by atoms with Crippen LogP contribution in [-0.4, -0.2) is 20.9 Å². The van der Waals surface area contributed by atoms with Gasteiger partial charge in [-0.25, -0.2) is 0 Å². The van der Waals surface area contributed by atoms with Crippen molar-refractivity contribution in [3.05, 3.63) is 89.6 Å². The van der Waals surface area contributed by atoms with Crippen molar-refractivity contribution >= 4 is 65.9 Å². The van der Waals surface area contributed by atoms with Crippen molar-refractivity contribution in [1.82, 2.24) is 0 Å². The minimum Gasteiger partial charge on any atom is -0.493 e. The first kappa shape index (κ1) is 20.8. The van der Waals surface area contributed by atoms with E-state index in [0.717, 1.165) is 11.5 Å². The first-order valence-electron chi connectivity index (χ1n) is 11.6. The summed E-state index contributed by atoms with van der Waals surface area (Å²) in [4.78, 5) is 0. The van der Waals surface area contributed by atoms with E-state index < -0.39 is 0 Å². The number of rotatable bonds is 3. The van der Waals surface area contributed by atoms with Gasteiger partial charge in [0.15, 0.2) is 11.5 Å². The Balaban J connectivity index is 1.63. The van der Waals surface area contributed by atoms with Gasteiger partial charge in [-0.3, -0.25) is 0 Å². The summed E-state index contributed by atoms with van der Waals surface area (Å²) in [7, 11) is 3.41. The topological polar surface area (TPSA) is 18.5 Å². The maximum atomic E-state index is 5.71. The molecule has 7 rings (SSSR count). The summed E-state index contributed by atoms with van der Waals surface area (Å²) in [5, 5.41) is 9.64. The van der Waals surface area contributed by atoms with Crippen LogP contribution in [-0.2, 0) is 0 Å². The molecule has 35 heavy (non-hydrogen) atoms. The summed E-state index contributed by atoms with van der Waals surface area (Å²) in [5.74, 6) is 1.52. The van der Waals surface area contributed by atoms with Crippen LogP contribution in [0.4, 0.5) is 0 Å². The van der Waals surface area contributed by atoms with Crippen LogP contribution in [0.1, 0.15) is 0 Å². The second kappa shape index (κ2) is 8.01. The molecule has 1 aliphatic rings. The Morgan fingerprint density at radius 3 is 1.54 bits per heavy atom. The van der Waals surface area contributed by atoms with Crippen molar-refractivity contribution in [2.24, 2.45) is 0 Å². The summed E-state index contributed by atoms with van der Waals surface area (Å²) >= 11 is 3.69. The highest BCUT2D eigenvalue weighted by molar-refractivity contribution is 7.35. The van der Waals surface area contributed by atoms with Crippen LogP contribution in [0.3, 0.4) is 0 Å². The molecule has 3 heterocycles. The molecule has 0 radical (unpaired) electrons. The van der Waals surface area contributed by atoms with E-state index in [1.54, 1.807) is 14.2 Å². The van der Waals surface area contributed by atoms with E-state index in [1.807, 2.05) is 22.7 Å². The zero-order chi connectivity index (χ0) is 23.5. The van der Waals surface area contributed by atoms with Gasteiger partial charge in [-0.2, -0.15) is 22.7 Å². The second-order valence-corrected chi connectivity index (χ2v) is 10.7. The lowest BCUT2D eigenvalue weighted by Gasteiger charge is -2.18. The highest BCUT2D eigenvalue weighted by atomic mass is 32.1. The van der Waals surface area contributed by atoms with Gasteiger partial charge in [0.1, 0.15) is 0 Å². The van der Waals surface area contributed by atoms with Crippen LogP contribution in [0.15, 0.2) is 89.6 Å². The fourth-order valence-corrected chi connectivity index (χ4v) is 7.73. The van der Waals surface area contributed by atoms with Crippen LogP contribution >= 0.6 is 22.7 Å². The third kappa shape index (κ3) is 3.02. The highest BCUT2D eigenvalue weighted by Gasteiger charge is 2.36. The number of fused-ring (bicyclic) bond motifs is 7. The number of hydrogen-bond acceptors (Lipinski definition) is 4. The molecule has 5 heteroatoms.